The second-order valence-electron chi connectivity index (χ2n) is 3.23. The molecule has 0 atom stereocenters. The third-order valence-electron chi connectivity index (χ3n) is 2.04. The van der Waals surface area contributed by atoms with Crippen molar-refractivity contribution >= 4 is 11.8 Å². The van der Waals surface area contributed by atoms with E-state index in [4.69, 9.17) is 0 Å². The van der Waals surface area contributed by atoms with Gasteiger partial charge in [0, 0.05) is 39.4 Å². The van der Waals surface area contributed by atoms with Gasteiger partial charge in [-0.15, -0.1) is 0 Å². The third kappa shape index (κ3) is 2.22. The van der Waals surface area contributed by atoms with Crippen LogP contribution in [-0.2, 0) is 9.59 Å². The van der Waals surface area contributed by atoms with Crippen LogP contribution in [0.15, 0.2) is 0 Å². The van der Waals surface area contributed by atoms with E-state index in [-0.39, 0.29) is 11.8 Å². The number of rotatable bonds is 2. The highest BCUT2D eigenvalue weighted by molar-refractivity contribution is 5.74. The van der Waals surface area contributed by atoms with E-state index in [0.29, 0.717) is 12.5 Å². The van der Waals surface area contributed by atoms with Crippen LogP contribution in [0.3, 0.4) is 0 Å². The molecule has 1 aliphatic rings. The Labute approximate surface area is 71.9 Å². The number of carbonyl (C=O) groups is 2. The van der Waals surface area contributed by atoms with Crippen molar-refractivity contribution in [1.29, 1.82) is 0 Å². The normalized spacial score (nSPS) is 17.0. The van der Waals surface area contributed by atoms with Crippen molar-refractivity contribution in [3.8, 4) is 0 Å². The van der Waals surface area contributed by atoms with Gasteiger partial charge in [-0.3, -0.25) is 9.59 Å². The average Bonchev–Trinajstić information content (AvgIpc) is 1.82. The molecule has 0 unspecified atom stereocenters. The van der Waals surface area contributed by atoms with Gasteiger partial charge in [-0.25, -0.2) is 0 Å². The summed E-state index contributed by atoms with van der Waals surface area (Å²) in [7, 11) is 0. The Morgan fingerprint density at radius 3 is 2.42 bits per heavy atom. The lowest BCUT2D eigenvalue weighted by atomic mass is 10.0. The minimum absolute atomic E-state index is 0.00345. The molecule has 0 aromatic heterocycles. The summed E-state index contributed by atoms with van der Waals surface area (Å²) >= 11 is 0. The van der Waals surface area contributed by atoms with Crippen LogP contribution < -0.4 is 5.32 Å². The van der Waals surface area contributed by atoms with E-state index >= 15 is 0 Å². The molecule has 12 heavy (non-hydrogen) atoms. The molecule has 1 aliphatic heterocycles. The van der Waals surface area contributed by atoms with Gasteiger partial charge in [0.2, 0.25) is 11.8 Å². The van der Waals surface area contributed by atoms with E-state index in [1.54, 1.807) is 11.8 Å². The van der Waals surface area contributed by atoms with Gasteiger partial charge in [0.1, 0.15) is 0 Å². The summed E-state index contributed by atoms with van der Waals surface area (Å²) in [6.45, 7) is 5.33. The van der Waals surface area contributed by atoms with Crippen LogP contribution in [0, 0.1) is 5.92 Å². The summed E-state index contributed by atoms with van der Waals surface area (Å²) in [5, 5.41) is 2.73. The van der Waals surface area contributed by atoms with E-state index in [2.05, 4.69) is 5.32 Å². The van der Waals surface area contributed by atoms with Gasteiger partial charge >= 0.3 is 0 Å². The average molecular weight is 170 g/mol. The second-order valence-corrected chi connectivity index (χ2v) is 3.23. The lowest BCUT2D eigenvalue weighted by molar-refractivity contribution is -0.134. The molecule has 0 radical (unpaired) electrons. The number of likely N-dealkylation sites (tertiary alicyclic amines) is 1. The summed E-state index contributed by atoms with van der Waals surface area (Å²) in [6, 6.07) is 0. The van der Waals surface area contributed by atoms with Crippen LogP contribution in [0.1, 0.15) is 13.8 Å². The van der Waals surface area contributed by atoms with E-state index < -0.39 is 0 Å². The lowest BCUT2D eigenvalue weighted by Gasteiger charge is -2.38. The maximum Gasteiger partial charge on any atom is 0.219 e. The molecule has 0 spiro atoms. The molecule has 0 aromatic carbocycles. The largest absolute Gasteiger partial charge is 0.356 e. The van der Waals surface area contributed by atoms with Crippen LogP contribution in [0.4, 0.5) is 0 Å². The summed E-state index contributed by atoms with van der Waals surface area (Å²) in [5.41, 5.74) is 0. The van der Waals surface area contributed by atoms with Crippen LogP contribution in [0.2, 0.25) is 0 Å². The number of hydrogen-bond donors (Lipinski definition) is 1. The number of carbonyl (C=O) groups excluding carboxylic acids is 2. The Bertz CT molecular complexity index is 194. The predicted octanol–water partition coefficient (Wildman–Crippen LogP) is -0.399. The maximum absolute atomic E-state index is 10.7. The molecule has 1 heterocycles. The number of amides is 2. The first-order valence-electron chi connectivity index (χ1n) is 4.09. The molecule has 1 rings (SSSR count). The fourth-order valence-electron chi connectivity index (χ4n) is 1.24. The predicted molar refractivity (Wildman–Crippen MR) is 44.4 cm³/mol. The topological polar surface area (TPSA) is 49.4 Å². The number of nitrogens with zero attached hydrogens (tertiary/aromatic N) is 1. The second kappa shape index (κ2) is 3.56. The van der Waals surface area contributed by atoms with Crippen molar-refractivity contribution in [2.45, 2.75) is 13.8 Å². The molecule has 0 aliphatic carbocycles. The smallest absolute Gasteiger partial charge is 0.219 e. The molecular formula is C8H14N2O2. The summed E-state index contributed by atoms with van der Waals surface area (Å²) in [4.78, 5) is 23.0. The van der Waals surface area contributed by atoms with Gasteiger partial charge < -0.3 is 10.2 Å². The Hall–Kier alpha value is -1.06. The maximum atomic E-state index is 10.7. The zero-order chi connectivity index (χ0) is 9.14. The van der Waals surface area contributed by atoms with Gasteiger partial charge in [0.05, 0.1) is 0 Å². The molecule has 1 fully saturated rings. The Balaban J connectivity index is 2.10. The lowest BCUT2D eigenvalue weighted by Crippen LogP contribution is -2.52. The van der Waals surface area contributed by atoms with E-state index in [0.717, 1.165) is 13.1 Å². The zero-order valence-electron chi connectivity index (χ0n) is 7.46. The van der Waals surface area contributed by atoms with Crippen LogP contribution in [0.5, 0.6) is 0 Å². The Morgan fingerprint density at radius 2 is 2.00 bits per heavy atom. The van der Waals surface area contributed by atoms with Gasteiger partial charge in [0.15, 0.2) is 0 Å². The monoisotopic (exact) mass is 170 g/mol. The fourth-order valence-corrected chi connectivity index (χ4v) is 1.24. The summed E-state index contributed by atoms with van der Waals surface area (Å²) in [5.74, 6) is 0.572. The van der Waals surface area contributed by atoms with E-state index in [1.165, 1.54) is 6.92 Å². The molecule has 68 valence electrons. The minimum Gasteiger partial charge on any atom is -0.356 e. The molecule has 0 aromatic rings. The molecule has 1 N–H and O–H groups in total. The summed E-state index contributed by atoms with van der Waals surface area (Å²) in [6.07, 6.45) is 0. The molecule has 4 heteroatoms. The van der Waals surface area contributed by atoms with Crippen molar-refractivity contribution in [3.63, 3.8) is 0 Å². The summed E-state index contributed by atoms with van der Waals surface area (Å²) < 4.78 is 0. The van der Waals surface area contributed by atoms with Crippen molar-refractivity contribution in [2.75, 3.05) is 19.6 Å². The molecule has 0 bridgehead atoms. The molecule has 1 saturated heterocycles. The zero-order valence-corrected chi connectivity index (χ0v) is 7.46. The van der Waals surface area contributed by atoms with Gasteiger partial charge in [-0.1, -0.05) is 0 Å². The fraction of sp³-hybridized carbons (Fsp3) is 0.750. The quantitative estimate of drug-likeness (QED) is 0.613. The first kappa shape index (κ1) is 9.03. The van der Waals surface area contributed by atoms with E-state index in [9.17, 15) is 9.59 Å². The Kier molecular flexibility index (Phi) is 2.68. The van der Waals surface area contributed by atoms with Crippen LogP contribution in [0.25, 0.3) is 0 Å². The first-order valence-corrected chi connectivity index (χ1v) is 4.09. The number of nitrogens with one attached hydrogen (secondary N) is 1. The van der Waals surface area contributed by atoms with E-state index in [1.807, 2.05) is 0 Å². The molecular weight excluding hydrogens is 156 g/mol. The van der Waals surface area contributed by atoms with Gasteiger partial charge in [-0.05, 0) is 0 Å². The Morgan fingerprint density at radius 1 is 1.42 bits per heavy atom. The number of hydrogen-bond acceptors (Lipinski definition) is 2. The minimum atomic E-state index is -0.00345. The molecule has 0 saturated carbocycles. The highest BCUT2D eigenvalue weighted by atomic mass is 16.2. The highest BCUT2D eigenvalue weighted by Crippen LogP contribution is 2.13. The van der Waals surface area contributed by atoms with Crippen LogP contribution in [-0.4, -0.2) is 36.3 Å². The SMILES string of the molecule is CC(=O)NCC1CN(C(C)=O)C1. The third-order valence-corrected chi connectivity index (χ3v) is 2.04. The van der Waals surface area contributed by atoms with Crippen LogP contribution >= 0.6 is 0 Å². The first-order chi connectivity index (χ1) is 5.59. The van der Waals surface area contributed by atoms with Gasteiger partial charge in [-0.2, -0.15) is 0 Å². The molecule has 2 amide bonds. The van der Waals surface area contributed by atoms with Crippen molar-refractivity contribution < 1.29 is 9.59 Å². The van der Waals surface area contributed by atoms with Crippen molar-refractivity contribution in [2.24, 2.45) is 5.92 Å². The van der Waals surface area contributed by atoms with Crippen molar-refractivity contribution in [1.82, 2.24) is 10.2 Å². The van der Waals surface area contributed by atoms with Gasteiger partial charge in [0.25, 0.3) is 0 Å². The highest BCUT2D eigenvalue weighted by Gasteiger charge is 2.27. The molecule has 4 nitrogen and oxygen atoms in total. The standard InChI is InChI=1S/C8H14N2O2/c1-6(11)9-3-8-4-10(5-8)7(2)12/h8H,3-5H2,1-2H3,(H,9,11). The van der Waals surface area contributed by atoms with Crippen molar-refractivity contribution in [3.05, 3.63) is 0 Å².